The molecule has 4 heteroatoms. The fraction of sp³-hybridized carbons (Fsp3) is 0.412. The molecule has 0 aliphatic carbocycles. The molecule has 0 amide bonds. The number of hydrogen-bond acceptors (Lipinski definition) is 4. The Balaban J connectivity index is 1.82. The maximum absolute atomic E-state index is 5.70. The summed E-state index contributed by atoms with van der Waals surface area (Å²) in [5.41, 5.74) is 1.14. The Bertz CT molecular complexity index is 548. The van der Waals surface area contributed by atoms with E-state index in [9.17, 15) is 0 Å². The zero-order chi connectivity index (χ0) is 15.1. The van der Waals surface area contributed by atoms with E-state index in [2.05, 4.69) is 19.2 Å². The maximum Gasteiger partial charge on any atom is 0.146 e. The smallest absolute Gasteiger partial charge is 0.146 e. The molecule has 0 bridgehead atoms. The minimum atomic E-state index is 0.414. The van der Waals surface area contributed by atoms with Crippen molar-refractivity contribution in [1.82, 2.24) is 5.32 Å². The minimum absolute atomic E-state index is 0.414. The molecule has 0 saturated heterocycles. The molecule has 0 radical (unpaired) electrons. The SMILES string of the molecule is COc1cccc(OCc2cc(CNCC(C)C)co2)c1. The van der Waals surface area contributed by atoms with Gasteiger partial charge < -0.3 is 19.2 Å². The van der Waals surface area contributed by atoms with Crippen molar-refractivity contribution < 1.29 is 13.9 Å². The van der Waals surface area contributed by atoms with Crippen LogP contribution in [0.1, 0.15) is 25.2 Å². The molecule has 1 N–H and O–H groups in total. The molecule has 2 aromatic rings. The molecule has 1 heterocycles. The fourth-order valence-corrected chi connectivity index (χ4v) is 1.95. The first-order valence-corrected chi connectivity index (χ1v) is 7.21. The maximum atomic E-state index is 5.70. The fourth-order valence-electron chi connectivity index (χ4n) is 1.95. The number of hydrogen-bond donors (Lipinski definition) is 1. The normalized spacial score (nSPS) is 10.9. The van der Waals surface area contributed by atoms with Gasteiger partial charge in [0.1, 0.15) is 23.9 Å². The van der Waals surface area contributed by atoms with Crippen LogP contribution in [0.5, 0.6) is 11.5 Å². The molecule has 0 unspecified atom stereocenters. The second-order valence-electron chi connectivity index (χ2n) is 5.41. The minimum Gasteiger partial charge on any atom is -0.497 e. The van der Waals surface area contributed by atoms with Gasteiger partial charge in [-0.1, -0.05) is 19.9 Å². The monoisotopic (exact) mass is 289 g/mol. The summed E-state index contributed by atoms with van der Waals surface area (Å²) >= 11 is 0. The van der Waals surface area contributed by atoms with Crippen LogP contribution in [0.25, 0.3) is 0 Å². The van der Waals surface area contributed by atoms with E-state index in [0.717, 1.165) is 35.9 Å². The van der Waals surface area contributed by atoms with Crippen LogP contribution >= 0.6 is 0 Å². The molecule has 0 aliphatic heterocycles. The lowest BCUT2D eigenvalue weighted by atomic mass is 10.2. The summed E-state index contributed by atoms with van der Waals surface area (Å²) in [4.78, 5) is 0. The Morgan fingerprint density at radius 2 is 2.00 bits per heavy atom. The van der Waals surface area contributed by atoms with Gasteiger partial charge in [-0.3, -0.25) is 0 Å². The third-order valence-corrected chi connectivity index (χ3v) is 3.01. The highest BCUT2D eigenvalue weighted by Gasteiger charge is 2.04. The number of methoxy groups -OCH3 is 1. The van der Waals surface area contributed by atoms with Crippen molar-refractivity contribution >= 4 is 0 Å². The molecule has 0 saturated carbocycles. The molecule has 0 fully saturated rings. The summed E-state index contributed by atoms with van der Waals surface area (Å²) in [7, 11) is 1.64. The van der Waals surface area contributed by atoms with Crippen LogP contribution in [-0.2, 0) is 13.2 Å². The molecular weight excluding hydrogens is 266 g/mol. The van der Waals surface area contributed by atoms with Crippen LogP contribution in [-0.4, -0.2) is 13.7 Å². The molecule has 114 valence electrons. The lowest BCUT2D eigenvalue weighted by molar-refractivity contribution is 0.269. The molecular formula is C17H23NO3. The predicted octanol–water partition coefficient (Wildman–Crippen LogP) is 3.61. The van der Waals surface area contributed by atoms with Crippen LogP contribution in [0.3, 0.4) is 0 Å². The summed E-state index contributed by atoms with van der Waals surface area (Å²) in [5, 5.41) is 3.39. The van der Waals surface area contributed by atoms with Crippen LogP contribution < -0.4 is 14.8 Å². The van der Waals surface area contributed by atoms with Gasteiger partial charge >= 0.3 is 0 Å². The largest absolute Gasteiger partial charge is 0.497 e. The summed E-state index contributed by atoms with van der Waals surface area (Å²) in [6.07, 6.45) is 1.78. The lowest BCUT2D eigenvalue weighted by Crippen LogP contribution is -2.18. The Morgan fingerprint density at radius 1 is 1.19 bits per heavy atom. The summed E-state index contributed by atoms with van der Waals surface area (Å²) in [5.74, 6) is 3.02. The van der Waals surface area contributed by atoms with E-state index >= 15 is 0 Å². The second kappa shape index (κ2) is 7.74. The molecule has 21 heavy (non-hydrogen) atoms. The highest BCUT2D eigenvalue weighted by atomic mass is 16.5. The van der Waals surface area contributed by atoms with Gasteiger partial charge in [-0.25, -0.2) is 0 Å². The first-order valence-electron chi connectivity index (χ1n) is 7.21. The standard InChI is InChI=1S/C17H23NO3/c1-13(2)9-18-10-14-7-17(20-11-14)12-21-16-6-4-5-15(8-16)19-3/h4-8,11,13,18H,9-10,12H2,1-3H3. The van der Waals surface area contributed by atoms with Crippen molar-refractivity contribution in [2.75, 3.05) is 13.7 Å². The molecule has 2 rings (SSSR count). The number of nitrogens with one attached hydrogen (secondary N) is 1. The second-order valence-corrected chi connectivity index (χ2v) is 5.41. The Morgan fingerprint density at radius 3 is 2.76 bits per heavy atom. The van der Waals surface area contributed by atoms with Crippen molar-refractivity contribution in [2.45, 2.75) is 27.0 Å². The van der Waals surface area contributed by atoms with Gasteiger partial charge in [0.2, 0.25) is 0 Å². The predicted molar refractivity (Wildman–Crippen MR) is 82.6 cm³/mol. The van der Waals surface area contributed by atoms with E-state index in [0.29, 0.717) is 12.5 Å². The van der Waals surface area contributed by atoms with Crippen molar-refractivity contribution in [3.63, 3.8) is 0 Å². The van der Waals surface area contributed by atoms with Crippen molar-refractivity contribution in [3.8, 4) is 11.5 Å². The zero-order valence-corrected chi connectivity index (χ0v) is 12.9. The Kier molecular flexibility index (Phi) is 5.69. The number of furan rings is 1. The highest BCUT2D eigenvalue weighted by Crippen LogP contribution is 2.20. The first kappa shape index (κ1) is 15.4. The lowest BCUT2D eigenvalue weighted by Gasteiger charge is -2.06. The quantitative estimate of drug-likeness (QED) is 0.806. The molecule has 1 aromatic heterocycles. The van der Waals surface area contributed by atoms with E-state index in [-0.39, 0.29) is 0 Å². The molecule has 0 atom stereocenters. The van der Waals surface area contributed by atoms with Crippen LogP contribution in [0.15, 0.2) is 41.0 Å². The van der Waals surface area contributed by atoms with E-state index in [1.807, 2.05) is 30.3 Å². The van der Waals surface area contributed by atoms with E-state index in [1.54, 1.807) is 13.4 Å². The molecule has 4 nitrogen and oxygen atoms in total. The van der Waals surface area contributed by atoms with Gasteiger partial charge in [-0.2, -0.15) is 0 Å². The summed E-state index contributed by atoms with van der Waals surface area (Å²) in [6.45, 7) is 6.62. The average molecular weight is 289 g/mol. The summed E-state index contributed by atoms with van der Waals surface area (Å²) in [6, 6.07) is 9.56. The number of benzene rings is 1. The zero-order valence-electron chi connectivity index (χ0n) is 12.9. The topological polar surface area (TPSA) is 43.6 Å². The van der Waals surface area contributed by atoms with Gasteiger partial charge in [0.25, 0.3) is 0 Å². The van der Waals surface area contributed by atoms with Crippen molar-refractivity contribution in [1.29, 1.82) is 0 Å². The highest BCUT2D eigenvalue weighted by molar-refractivity contribution is 5.32. The molecule has 0 spiro atoms. The van der Waals surface area contributed by atoms with Crippen molar-refractivity contribution in [3.05, 3.63) is 47.9 Å². The van der Waals surface area contributed by atoms with Gasteiger partial charge in [0.05, 0.1) is 13.4 Å². The van der Waals surface area contributed by atoms with Gasteiger partial charge in [-0.05, 0) is 30.7 Å². The Labute approximate surface area is 126 Å². The Hall–Kier alpha value is -1.94. The van der Waals surface area contributed by atoms with Crippen LogP contribution in [0.4, 0.5) is 0 Å². The first-order chi connectivity index (χ1) is 10.2. The number of rotatable bonds is 8. The van der Waals surface area contributed by atoms with E-state index in [1.165, 1.54) is 0 Å². The average Bonchev–Trinajstić information content (AvgIpc) is 2.93. The molecule has 1 aromatic carbocycles. The third-order valence-electron chi connectivity index (χ3n) is 3.01. The summed E-state index contributed by atoms with van der Waals surface area (Å²) < 4.78 is 16.4. The van der Waals surface area contributed by atoms with E-state index in [4.69, 9.17) is 13.9 Å². The van der Waals surface area contributed by atoms with Gasteiger partial charge in [0.15, 0.2) is 0 Å². The van der Waals surface area contributed by atoms with E-state index < -0.39 is 0 Å². The van der Waals surface area contributed by atoms with Crippen LogP contribution in [0, 0.1) is 5.92 Å². The number of ether oxygens (including phenoxy) is 2. The molecule has 0 aliphatic rings. The van der Waals surface area contributed by atoms with Crippen LogP contribution in [0.2, 0.25) is 0 Å². The van der Waals surface area contributed by atoms with Crippen molar-refractivity contribution in [2.24, 2.45) is 5.92 Å². The van der Waals surface area contributed by atoms with Gasteiger partial charge in [0, 0.05) is 18.2 Å². The third kappa shape index (κ3) is 5.16. The van der Waals surface area contributed by atoms with Gasteiger partial charge in [-0.15, -0.1) is 0 Å².